The smallest absolute Gasteiger partial charge is 0.273 e. The van der Waals surface area contributed by atoms with Gasteiger partial charge in [0.1, 0.15) is 5.56 Å². The SMILES string of the molecule is N#Cc1ccc2c(c1)C(=O)C(c1cccc3ccccc13)=[N+]2[O-]. The molecule has 0 aromatic heterocycles. The van der Waals surface area contributed by atoms with Crippen LogP contribution in [0.25, 0.3) is 10.8 Å². The van der Waals surface area contributed by atoms with E-state index in [1.54, 1.807) is 12.1 Å². The van der Waals surface area contributed by atoms with Crippen LogP contribution in [0.1, 0.15) is 21.5 Å². The van der Waals surface area contributed by atoms with Crippen molar-refractivity contribution in [3.63, 3.8) is 0 Å². The van der Waals surface area contributed by atoms with E-state index in [-0.39, 0.29) is 22.7 Å². The molecule has 4 heteroatoms. The second-order valence-electron chi connectivity index (χ2n) is 5.34. The third-order valence-corrected chi connectivity index (χ3v) is 4.05. The van der Waals surface area contributed by atoms with E-state index in [0.29, 0.717) is 15.9 Å². The number of carbonyl (C=O) groups is 1. The fourth-order valence-corrected chi connectivity index (χ4v) is 2.97. The number of carbonyl (C=O) groups excluding carboxylic acids is 1. The van der Waals surface area contributed by atoms with Crippen LogP contribution in [-0.4, -0.2) is 16.2 Å². The number of rotatable bonds is 1. The molecule has 0 aliphatic carbocycles. The summed E-state index contributed by atoms with van der Waals surface area (Å²) in [6, 6.07) is 19.7. The first-order valence-electron chi connectivity index (χ1n) is 7.12. The van der Waals surface area contributed by atoms with Crippen molar-refractivity contribution in [2.75, 3.05) is 0 Å². The Hall–Kier alpha value is -3.45. The lowest BCUT2D eigenvalue weighted by Crippen LogP contribution is -2.17. The Balaban J connectivity index is 1.98. The van der Waals surface area contributed by atoms with Gasteiger partial charge in [-0.3, -0.25) is 4.79 Å². The number of fused-ring (bicyclic) bond motifs is 2. The molecule has 1 heterocycles. The van der Waals surface area contributed by atoms with Crippen LogP contribution < -0.4 is 0 Å². The van der Waals surface area contributed by atoms with Crippen molar-refractivity contribution < 1.29 is 9.53 Å². The van der Waals surface area contributed by atoms with E-state index >= 15 is 0 Å². The molecule has 0 fully saturated rings. The highest BCUT2D eigenvalue weighted by molar-refractivity contribution is 6.53. The Kier molecular flexibility index (Phi) is 2.75. The van der Waals surface area contributed by atoms with Crippen LogP contribution in [0, 0.1) is 16.5 Å². The fourth-order valence-electron chi connectivity index (χ4n) is 2.97. The van der Waals surface area contributed by atoms with E-state index in [1.165, 1.54) is 12.1 Å². The molecule has 3 aromatic carbocycles. The zero-order valence-electron chi connectivity index (χ0n) is 12.0. The third-order valence-electron chi connectivity index (χ3n) is 4.05. The fraction of sp³-hybridized carbons (Fsp3) is 0. The zero-order chi connectivity index (χ0) is 16.0. The lowest BCUT2D eigenvalue weighted by atomic mass is 9.97. The van der Waals surface area contributed by atoms with E-state index in [9.17, 15) is 10.0 Å². The molecule has 0 N–H and O–H groups in total. The minimum absolute atomic E-state index is 0.104. The molecule has 0 radical (unpaired) electrons. The van der Waals surface area contributed by atoms with Crippen molar-refractivity contribution in [1.29, 1.82) is 5.26 Å². The van der Waals surface area contributed by atoms with Crippen molar-refractivity contribution in [3.05, 3.63) is 82.6 Å². The minimum atomic E-state index is -0.344. The Labute approximate surface area is 132 Å². The maximum Gasteiger partial charge on any atom is 0.273 e. The predicted molar refractivity (Wildman–Crippen MR) is 86.8 cm³/mol. The highest BCUT2D eigenvalue weighted by Crippen LogP contribution is 2.31. The van der Waals surface area contributed by atoms with Gasteiger partial charge >= 0.3 is 0 Å². The van der Waals surface area contributed by atoms with Crippen LogP contribution in [0.4, 0.5) is 5.69 Å². The molecule has 3 aromatic rings. The largest absolute Gasteiger partial charge is 0.618 e. The van der Waals surface area contributed by atoms with Crippen LogP contribution in [0.5, 0.6) is 0 Å². The van der Waals surface area contributed by atoms with Crippen LogP contribution in [0.3, 0.4) is 0 Å². The van der Waals surface area contributed by atoms with Gasteiger partial charge in [-0.15, -0.1) is 0 Å². The highest BCUT2D eigenvalue weighted by Gasteiger charge is 2.37. The van der Waals surface area contributed by atoms with E-state index in [1.807, 2.05) is 42.5 Å². The van der Waals surface area contributed by atoms with Crippen molar-refractivity contribution >= 4 is 28.0 Å². The first kappa shape index (κ1) is 13.2. The monoisotopic (exact) mass is 298 g/mol. The van der Waals surface area contributed by atoms with Gasteiger partial charge in [0, 0.05) is 6.07 Å². The molecule has 1 aliphatic heterocycles. The number of nitrogens with zero attached hydrogens (tertiary/aromatic N) is 2. The molecular formula is C19H10N2O2. The Morgan fingerprint density at radius 3 is 2.57 bits per heavy atom. The third kappa shape index (κ3) is 1.84. The van der Waals surface area contributed by atoms with Gasteiger partial charge in [0.15, 0.2) is 0 Å². The maximum absolute atomic E-state index is 12.7. The van der Waals surface area contributed by atoms with Crippen molar-refractivity contribution in [2.24, 2.45) is 0 Å². The minimum Gasteiger partial charge on any atom is -0.618 e. The molecule has 0 saturated heterocycles. The molecule has 4 rings (SSSR count). The number of hydrogen-bond donors (Lipinski definition) is 0. The summed E-state index contributed by atoms with van der Waals surface area (Å²) in [5.74, 6) is -0.344. The van der Waals surface area contributed by atoms with E-state index < -0.39 is 0 Å². The van der Waals surface area contributed by atoms with Crippen LogP contribution >= 0.6 is 0 Å². The predicted octanol–water partition coefficient (Wildman–Crippen LogP) is 3.54. The van der Waals surface area contributed by atoms with Crippen molar-refractivity contribution in [3.8, 4) is 6.07 Å². The topological polar surface area (TPSA) is 66.9 Å². The van der Waals surface area contributed by atoms with E-state index in [4.69, 9.17) is 5.26 Å². The molecule has 0 atom stereocenters. The number of Topliss-reactive ketones (excluding diaryl/α,β-unsaturated/α-hetero) is 1. The zero-order valence-corrected chi connectivity index (χ0v) is 12.0. The normalized spacial score (nSPS) is 13.3. The van der Waals surface area contributed by atoms with Crippen LogP contribution in [0.15, 0.2) is 60.7 Å². The second-order valence-corrected chi connectivity index (χ2v) is 5.34. The first-order chi connectivity index (χ1) is 11.2. The molecular weight excluding hydrogens is 288 g/mol. The number of hydrogen-bond acceptors (Lipinski definition) is 3. The number of nitriles is 1. The van der Waals surface area contributed by atoms with Crippen molar-refractivity contribution in [2.45, 2.75) is 0 Å². The van der Waals surface area contributed by atoms with Gasteiger partial charge in [0.2, 0.25) is 5.69 Å². The highest BCUT2D eigenvalue weighted by atomic mass is 16.5. The Bertz CT molecular complexity index is 1050. The number of ketones is 1. The summed E-state index contributed by atoms with van der Waals surface area (Å²) in [5, 5.41) is 23.4. The lowest BCUT2D eigenvalue weighted by Gasteiger charge is -2.05. The van der Waals surface area contributed by atoms with Gasteiger partial charge in [0.25, 0.3) is 11.5 Å². The van der Waals surface area contributed by atoms with Gasteiger partial charge in [-0.05, 0) is 29.0 Å². The summed E-state index contributed by atoms with van der Waals surface area (Å²) < 4.78 is 0.667. The molecule has 0 bridgehead atoms. The van der Waals surface area contributed by atoms with Crippen LogP contribution in [0.2, 0.25) is 0 Å². The lowest BCUT2D eigenvalue weighted by molar-refractivity contribution is -0.355. The Morgan fingerprint density at radius 2 is 1.74 bits per heavy atom. The summed E-state index contributed by atoms with van der Waals surface area (Å²) in [7, 11) is 0. The summed E-state index contributed by atoms with van der Waals surface area (Å²) in [5.41, 5.74) is 1.65. The standard InChI is InChI=1S/C19H10N2O2/c20-11-12-8-9-17-16(10-12)19(22)18(21(17)23)15-7-3-5-13-4-1-2-6-14(13)15/h1-10H. The van der Waals surface area contributed by atoms with Gasteiger partial charge in [-0.25, -0.2) is 0 Å². The number of benzene rings is 3. The van der Waals surface area contributed by atoms with E-state index in [0.717, 1.165) is 10.8 Å². The van der Waals surface area contributed by atoms with E-state index in [2.05, 4.69) is 0 Å². The second kappa shape index (κ2) is 4.79. The average molecular weight is 298 g/mol. The van der Waals surface area contributed by atoms with Gasteiger partial charge in [0.05, 0.1) is 17.2 Å². The Morgan fingerprint density at radius 1 is 0.957 bits per heavy atom. The average Bonchev–Trinajstić information content (AvgIpc) is 2.85. The maximum atomic E-state index is 12.7. The van der Waals surface area contributed by atoms with Gasteiger partial charge in [-0.2, -0.15) is 10.0 Å². The van der Waals surface area contributed by atoms with Gasteiger partial charge < -0.3 is 5.21 Å². The molecule has 0 saturated carbocycles. The first-order valence-corrected chi connectivity index (χ1v) is 7.12. The molecule has 0 amide bonds. The molecule has 108 valence electrons. The molecule has 1 aliphatic rings. The summed E-state index contributed by atoms with van der Waals surface area (Å²) in [6.07, 6.45) is 0. The van der Waals surface area contributed by atoms with Gasteiger partial charge in [-0.1, -0.05) is 36.4 Å². The molecule has 4 nitrogen and oxygen atoms in total. The molecule has 0 unspecified atom stereocenters. The summed E-state index contributed by atoms with van der Waals surface area (Å²) >= 11 is 0. The summed E-state index contributed by atoms with van der Waals surface area (Å²) in [4.78, 5) is 12.7. The van der Waals surface area contributed by atoms with Crippen LogP contribution in [-0.2, 0) is 0 Å². The molecule has 0 spiro atoms. The quantitative estimate of drug-likeness (QED) is 0.510. The molecule has 23 heavy (non-hydrogen) atoms. The van der Waals surface area contributed by atoms with Crippen molar-refractivity contribution in [1.82, 2.24) is 0 Å². The summed E-state index contributed by atoms with van der Waals surface area (Å²) in [6.45, 7) is 0.